The minimum Gasteiger partial charge on any atom is -0.388 e. The summed E-state index contributed by atoms with van der Waals surface area (Å²) in [6.45, 7) is 2.82. The van der Waals surface area contributed by atoms with Crippen molar-refractivity contribution in [3.05, 3.63) is 29.8 Å². The van der Waals surface area contributed by atoms with E-state index in [0.717, 1.165) is 30.5 Å². The third kappa shape index (κ3) is 2.16. The molecule has 0 spiro atoms. The van der Waals surface area contributed by atoms with Crippen molar-refractivity contribution in [2.75, 3.05) is 11.4 Å². The number of para-hydroxylation sites is 1. The fourth-order valence-electron chi connectivity index (χ4n) is 3.48. The van der Waals surface area contributed by atoms with Gasteiger partial charge in [0.05, 0.1) is 6.10 Å². The average molecular weight is 259 g/mol. The molecule has 3 rings (SSSR count). The number of nitrogens with zero attached hydrogens (tertiary/aromatic N) is 1. The Balaban J connectivity index is 1.90. The number of amides is 1. The van der Waals surface area contributed by atoms with E-state index in [1.54, 1.807) is 0 Å². The highest BCUT2D eigenvalue weighted by Crippen LogP contribution is 2.38. The number of benzene rings is 1. The molecule has 1 aliphatic carbocycles. The Bertz CT molecular complexity index is 485. The van der Waals surface area contributed by atoms with Gasteiger partial charge in [-0.1, -0.05) is 31.5 Å². The number of hydrogen-bond donors (Lipinski definition) is 1. The molecular weight excluding hydrogens is 238 g/mol. The molecular formula is C16H21NO2. The van der Waals surface area contributed by atoms with E-state index >= 15 is 0 Å². The van der Waals surface area contributed by atoms with Crippen LogP contribution in [0.25, 0.3) is 0 Å². The molecule has 1 aliphatic heterocycles. The Labute approximate surface area is 114 Å². The number of aliphatic hydroxyl groups is 1. The SMILES string of the molecule is CC1CCCC1C(=O)N1CCC(O)c2ccccc21. The van der Waals surface area contributed by atoms with Crippen LogP contribution in [0.2, 0.25) is 0 Å². The second-order valence-corrected chi connectivity index (χ2v) is 5.87. The van der Waals surface area contributed by atoms with Crippen molar-refractivity contribution in [2.45, 2.75) is 38.7 Å². The highest BCUT2D eigenvalue weighted by molar-refractivity contribution is 5.96. The first kappa shape index (κ1) is 12.7. The molecule has 1 heterocycles. The van der Waals surface area contributed by atoms with Crippen molar-refractivity contribution in [1.82, 2.24) is 0 Å². The van der Waals surface area contributed by atoms with Crippen molar-refractivity contribution in [1.29, 1.82) is 0 Å². The zero-order chi connectivity index (χ0) is 13.4. The first-order chi connectivity index (χ1) is 9.18. The van der Waals surface area contributed by atoms with E-state index in [4.69, 9.17) is 0 Å². The Morgan fingerprint density at radius 2 is 2.05 bits per heavy atom. The van der Waals surface area contributed by atoms with Crippen molar-refractivity contribution in [2.24, 2.45) is 11.8 Å². The van der Waals surface area contributed by atoms with Gasteiger partial charge in [-0.05, 0) is 31.2 Å². The van der Waals surface area contributed by atoms with Crippen LogP contribution in [-0.2, 0) is 4.79 Å². The highest BCUT2D eigenvalue weighted by atomic mass is 16.3. The maximum Gasteiger partial charge on any atom is 0.230 e. The predicted molar refractivity (Wildman–Crippen MR) is 74.9 cm³/mol. The van der Waals surface area contributed by atoms with Crippen molar-refractivity contribution >= 4 is 11.6 Å². The van der Waals surface area contributed by atoms with Crippen LogP contribution in [0.4, 0.5) is 5.69 Å². The van der Waals surface area contributed by atoms with Gasteiger partial charge in [0.2, 0.25) is 5.91 Å². The fourth-order valence-corrected chi connectivity index (χ4v) is 3.48. The molecule has 0 radical (unpaired) electrons. The minimum absolute atomic E-state index is 0.170. The summed E-state index contributed by atoms with van der Waals surface area (Å²) in [6, 6.07) is 7.75. The molecule has 3 heteroatoms. The summed E-state index contributed by atoms with van der Waals surface area (Å²) in [6.07, 6.45) is 3.55. The van der Waals surface area contributed by atoms with Crippen LogP contribution in [0.3, 0.4) is 0 Å². The van der Waals surface area contributed by atoms with Crippen LogP contribution >= 0.6 is 0 Å². The first-order valence-corrected chi connectivity index (χ1v) is 7.27. The Morgan fingerprint density at radius 1 is 1.26 bits per heavy atom. The molecule has 0 saturated heterocycles. The van der Waals surface area contributed by atoms with Gasteiger partial charge in [-0.25, -0.2) is 0 Å². The Morgan fingerprint density at radius 3 is 2.79 bits per heavy atom. The zero-order valence-electron chi connectivity index (χ0n) is 11.4. The molecule has 3 nitrogen and oxygen atoms in total. The summed E-state index contributed by atoms with van der Waals surface area (Å²) in [5.41, 5.74) is 1.80. The Hall–Kier alpha value is -1.35. The largest absolute Gasteiger partial charge is 0.388 e. The van der Waals surface area contributed by atoms with Crippen molar-refractivity contribution in [3.8, 4) is 0 Å². The third-order valence-corrected chi connectivity index (χ3v) is 4.66. The number of carbonyl (C=O) groups excluding carboxylic acids is 1. The molecule has 19 heavy (non-hydrogen) atoms. The predicted octanol–water partition coefficient (Wildman–Crippen LogP) is 2.89. The molecule has 0 aromatic heterocycles. The van der Waals surface area contributed by atoms with Gasteiger partial charge in [-0.3, -0.25) is 4.79 Å². The van der Waals surface area contributed by atoms with E-state index in [-0.39, 0.29) is 11.8 Å². The maximum absolute atomic E-state index is 12.7. The number of hydrogen-bond acceptors (Lipinski definition) is 2. The van der Waals surface area contributed by atoms with Crippen LogP contribution in [-0.4, -0.2) is 17.6 Å². The second-order valence-electron chi connectivity index (χ2n) is 5.87. The molecule has 2 aliphatic rings. The molecule has 1 aromatic carbocycles. The number of fused-ring (bicyclic) bond motifs is 1. The zero-order valence-corrected chi connectivity index (χ0v) is 11.4. The van der Waals surface area contributed by atoms with Gasteiger partial charge >= 0.3 is 0 Å². The lowest BCUT2D eigenvalue weighted by molar-refractivity contribution is -0.123. The maximum atomic E-state index is 12.7. The van der Waals surface area contributed by atoms with Crippen molar-refractivity contribution < 1.29 is 9.90 Å². The van der Waals surface area contributed by atoms with Gasteiger partial charge in [-0.15, -0.1) is 0 Å². The molecule has 1 amide bonds. The van der Waals surface area contributed by atoms with Crippen LogP contribution in [0, 0.1) is 11.8 Å². The van der Waals surface area contributed by atoms with Gasteiger partial charge in [0, 0.05) is 23.7 Å². The highest BCUT2D eigenvalue weighted by Gasteiger charge is 2.36. The standard InChI is InChI=1S/C16H21NO2/c1-11-5-4-7-12(11)16(19)17-10-9-15(18)13-6-2-3-8-14(13)17/h2-3,6,8,11-12,15,18H,4-5,7,9-10H2,1H3. The van der Waals surface area contributed by atoms with Gasteiger partial charge in [0.15, 0.2) is 0 Å². The molecule has 0 bridgehead atoms. The van der Waals surface area contributed by atoms with Gasteiger partial charge in [0.1, 0.15) is 0 Å². The van der Waals surface area contributed by atoms with E-state index in [2.05, 4.69) is 6.92 Å². The summed E-state index contributed by atoms with van der Waals surface area (Å²) in [5.74, 6) is 0.916. The summed E-state index contributed by atoms with van der Waals surface area (Å²) in [4.78, 5) is 14.6. The molecule has 102 valence electrons. The van der Waals surface area contributed by atoms with E-state index in [1.165, 1.54) is 0 Å². The van der Waals surface area contributed by atoms with Crippen molar-refractivity contribution in [3.63, 3.8) is 0 Å². The number of aliphatic hydroxyl groups excluding tert-OH is 1. The lowest BCUT2D eigenvalue weighted by atomic mass is 9.93. The summed E-state index contributed by atoms with van der Waals surface area (Å²) in [7, 11) is 0. The summed E-state index contributed by atoms with van der Waals surface area (Å²) < 4.78 is 0. The lowest BCUT2D eigenvalue weighted by Crippen LogP contribution is -2.41. The monoisotopic (exact) mass is 259 g/mol. The topological polar surface area (TPSA) is 40.5 Å². The normalized spacial score (nSPS) is 30.2. The molecule has 1 fully saturated rings. The van der Waals surface area contributed by atoms with E-state index < -0.39 is 6.10 Å². The van der Waals surface area contributed by atoms with Crippen LogP contribution in [0.1, 0.15) is 44.3 Å². The Kier molecular flexibility index (Phi) is 3.31. The average Bonchev–Trinajstić information content (AvgIpc) is 2.85. The third-order valence-electron chi connectivity index (χ3n) is 4.66. The second kappa shape index (κ2) is 4.97. The molecule has 1 aromatic rings. The molecule has 3 atom stereocenters. The first-order valence-electron chi connectivity index (χ1n) is 7.27. The fraction of sp³-hybridized carbons (Fsp3) is 0.562. The van der Waals surface area contributed by atoms with Gasteiger partial charge in [0.25, 0.3) is 0 Å². The van der Waals surface area contributed by atoms with Crippen LogP contribution in [0.15, 0.2) is 24.3 Å². The van der Waals surface area contributed by atoms with Gasteiger partial charge in [-0.2, -0.15) is 0 Å². The summed E-state index contributed by atoms with van der Waals surface area (Å²) in [5, 5.41) is 10.0. The smallest absolute Gasteiger partial charge is 0.230 e. The molecule has 1 N–H and O–H groups in total. The molecule has 1 saturated carbocycles. The van der Waals surface area contributed by atoms with Crippen LogP contribution < -0.4 is 4.90 Å². The number of rotatable bonds is 1. The minimum atomic E-state index is -0.429. The quantitative estimate of drug-likeness (QED) is 0.842. The van der Waals surface area contributed by atoms with Crippen LogP contribution in [0.5, 0.6) is 0 Å². The van der Waals surface area contributed by atoms with Gasteiger partial charge < -0.3 is 10.0 Å². The van der Waals surface area contributed by atoms with E-state index in [9.17, 15) is 9.90 Å². The number of carbonyl (C=O) groups is 1. The lowest BCUT2D eigenvalue weighted by Gasteiger charge is -2.34. The number of anilines is 1. The van der Waals surface area contributed by atoms with E-state index in [1.807, 2.05) is 29.2 Å². The molecule has 3 unspecified atom stereocenters. The summed E-state index contributed by atoms with van der Waals surface area (Å²) >= 11 is 0. The van der Waals surface area contributed by atoms with E-state index in [0.29, 0.717) is 18.9 Å².